The lowest BCUT2D eigenvalue weighted by atomic mass is 9.97. The number of nitrogens with one attached hydrogen (secondary N) is 3. The van der Waals surface area contributed by atoms with Crippen molar-refractivity contribution in [1.29, 1.82) is 0 Å². The van der Waals surface area contributed by atoms with Crippen LogP contribution in [0.2, 0.25) is 0 Å². The number of carbonyl (C=O) groups excluding carboxylic acids is 3. The summed E-state index contributed by atoms with van der Waals surface area (Å²) < 4.78 is 0. The Kier molecular flexibility index (Phi) is 11.7. The molecule has 1 aromatic rings. The first-order chi connectivity index (χ1) is 15.9. The third-order valence-electron chi connectivity index (χ3n) is 5.72. The van der Waals surface area contributed by atoms with Crippen molar-refractivity contribution < 1.29 is 29.4 Å². The van der Waals surface area contributed by atoms with Crippen LogP contribution in [-0.4, -0.2) is 64.2 Å². The fraction of sp³-hybridized carbons (Fsp3) is 0.583. The molecule has 0 heterocycles. The molecule has 0 aromatic heterocycles. The van der Waals surface area contributed by atoms with Gasteiger partial charge in [0.25, 0.3) is 0 Å². The van der Waals surface area contributed by atoms with Gasteiger partial charge in [-0.2, -0.15) is 0 Å². The molecule has 0 aliphatic rings. The molecule has 10 heteroatoms. The van der Waals surface area contributed by atoms with Crippen LogP contribution in [0.1, 0.15) is 46.6 Å². The minimum atomic E-state index is -1.35. The van der Waals surface area contributed by atoms with Gasteiger partial charge in [-0.3, -0.25) is 14.4 Å². The van der Waals surface area contributed by atoms with Crippen LogP contribution in [0.25, 0.3) is 0 Å². The molecular formula is C24H38N4O6. The van der Waals surface area contributed by atoms with Gasteiger partial charge in [0.1, 0.15) is 18.1 Å². The summed E-state index contributed by atoms with van der Waals surface area (Å²) in [6.07, 6.45) is -0.491. The van der Waals surface area contributed by atoms with E-state index in [1.807, 2.05) is 37.3 Å². The predicted molar refractivity (Wildman–Crippen MR) is 128 cm³/mol. The van der Waals surface area contributed by atoms with Gasteiger partial charge in [-0.15, -0.1) is 0 Å². The molecule has 34 heavy (non-hydrogen) atoms. The molecule has 0 saturated carbocycles. The number of carboxylic acids is 1. The van der Waals surface area contributed by atoms with Crippen molar-refractivity contribution in [1.82, 2.24) is 16.0 Å². The van der Waals surface area contributed by atoms with E-state index in [0.29, 0.717) is 6.42 Å². The van der Waals surface area contributed by atoms with E-state index in [0.717, 1.165) is 5.56 Å². The van der Waals surface area contributed by atoms with E-state index in [4.69, 9.17) is 5.73 Å². The highest BCUT2D eigenvalue weighted by Gasteiger charge is 2.34. The summed E-state index contributed by atoms with van der Waals surface area (Å²) >= 11 is 0. The summed E-state index contributed by atoms with van der Waals surface area (Å²) in [5.74, 6) is -3.94. The van der Waals surface area contributed by atoms with E-state index < -0.39 is 54.0 Å². The molecule has 0 radical (unpaired) electrons. The quantitative estimate of drug-likeness (QED) is 0.235. The van der Waals surface area contributed by atoms with Gasteiger partial charge in [0.05, 0.1) is 12.1 Å². The van der Waals surface area contributed by atoms with E-state index in [9.17, 15) is 29.4 Å². The molecule has 190 valence electrons. The monoisotopic (exact) mass is 478 g/mol. The smallest absolute Gasteiger partial charge is 0.326 e. The number of nitrogens with two attached hydrogens (primary N) is 1. The number of rotatable bonds is 13. The highest BCUT2D eigenvalue weighted by atomic mass is 16.4. The third-order valence-corrected chi connectivity index (χ3v) is 5.72. The molecule has 1 rings (SSSR count). The van der Waals surface area contributed by atoms with E-state index in [1.165, 1.54) is 6.92 Å². The number of carboxylic acid groups (broad SMARTS) is 1. The van der Waals surface area contributed by atoms with Crippen molar-refractivity contribution in [3.8, 4) is 0 Å². The fourth-order valence-corrected chi connectivity index (χ4v) is 3.33. The third kappa shape index (κ3) is 8.75. The Bertz CT molecular complexity index is 830. The van der Waals surface area contributed by atoms with E-state index >= 15 is 0 Å². The average Bonchev–Trinajstić information content (AvgIpc) is 2.78. The Morgan fingerprint density at radius 3 is 1.82 bits per heavy atom. The van der Waals surface area contributed by atoms with Gasteiger partial charge >= 0.3 is 5.97 Å². The zero-order chi connectivity index (χ0) is 26.0. The Morgan fingerprint density at radius 1 is 0.853 bits per heavy atom. The second-order valence-corrected chi connectivity index (χ2v) is 8.96. The lowest BCUT2D eigenvalue weighted by molar-refractivity contribution is -0.144. The Labute approximate surface area is 200 Å². The van der Waals surface area contributed by atoms with Gasteiger partial charge in [0.2, 0.25) is 17.7 Å². The van der Waals surface area contributed by atoms with Crippen LogP contribution in [0.3, 0.4) is 0 Å². The van der Waals surface area contributed by atoms with Gasteiger partial charge in [0.15, 0.2) is 0 Å². The standard InChI is InChI=1S/C24H38N4O6/c1-6-14(4)19(24(33)34)27-22(31)18(13(2)3)26-23(32)20(15(5)29)28-21(30)17(25)12-16-10-8-7-9-11-16/h7-11,13-15,17-20,29H,6,12,25H2,1-5H3,(H,26,32)(H,27,31)(H,28,30)(H,33,34). The summed E-state index contributed by atoms with van der Waals surface area (Å²) in [5, 5.41) is 27.0. The SMILES string of the molecule is CCC(C)C(NC(=O)C(NC(=O)C(NC(=O)C(N)Cc1ccccc1)C(C)O)C(C)C)C(=O)O. The van der Waals surface area contributed by atoms with Crippen molar-refractivity contribution in [2.24, 2.45) is 17.6 Å². The van der Waals surface area contributed by atoms with E-state index in [2.05, 4.69) is 16.0 Å². The number of hydrogen-bond acceptors (Lipinski definition) is 6. The largest absolute Gasteiger partial charge is 0.480 e. The molecule has 3 amide bonds. The number of aliphatic hydroxyl groups is 1. The minimum Gasteiger partial charge on any atom is -0.480 e. The second-order valence-electron chi connectivity index (χ2n) is 8.96. The van der Waals surface area contributed by atoms with Gasteiger partial charge in [-0.25, -0.2) is 4.79 Å². The maximum atomic E-state index is 12.9. The minimum absolute atomic E-state index is 0.240. The zero-order valence-electron chi connectivity index (χ0n) is 20.4. The molecule has 0 spiro atoms. The molecule has 10 nitrogen and oxygen atoms in total. The van der Waals surface area contributed by atoms with E-state index in [-0.39, 0.29) is 18.3 Å². The first-order valence-electron chi connectivity index (χ1n) is 11.5. The lowest BCUT2D eigenvalue weighted by Crippen LogP contribution is -2.61. The van der Waals surface area contributed by atoms with Crippen molar-refractivity contribution >= 4 is 23.7 Å². The van der Waals surface area contributed by atoms with Gasteiger partial charge in [-0.05, 0) is 30.7 Å². The maximum Gasteiger partial charge on any atom is 0.326 e. The van der Waals surface area contributed by atoms with Crippen LogP contribution in [-0.2, 0) is 25.6 Å². The maximum absolute atomic E-state index is 12.9. The number of benzene rings is 1. The van der Waals surface area contributed by atoms with Crippen molar-refractivity contribution in [2.75, 3.05) is 0 Å². The Morgan fingerprint density at radius 2 is 1.35 bits per heavy atom. The molecule has 1 aromatic carbocycles. The van der Waals surface area contributed by atoms with Crippen molar-refractivity contribution in [3.63, 3.8) is 0 Å². The normalized spacial score (nSPS) is 16.5. The highest BCUT2D eigenvalue weighted by molar-refractivity contribution is 5.94. The summed E-state index contributed by atoms with van der Waals surface area (Å²) in [7, 11) is 0. The number of aliphatic carboxylic acids is 1. The molecule has 0 fully saturated rings. The predicted octanol–water partition coefficient (Wildman–Crippen LogP) is 0.178. The summed E-state index contributed by atoms with van der Waals surface area (Å²) in [5.41, 5.74) is 6.82. The van der Waals surface area contributed by atoms with Crippen LogP contribution in [0, 0.1) is 11.8 Å². The van der Waals surface area contributed by atoms with Crippen LogP contribution in [0.5, 0.6) is 0 Å². The highest BCUT2D eigenvalue weighted by Crippen LogP contribution is 2.11. The molecule has 0 bridgehead atoms. The van der Waals surface area contributed by atoms with Gasteiger partial charge in [-0.1, -0.05) is 64.4 Å². The molecule has 0 aliphatic heterocycles. The fourth-order valence-electron chi connectivity index (χ4n) is 3.33. The van der Waals surface area contributed by atoms with Crippen LogP contribution in [0.15, 0.2) is 30.3 Å². The topological polar surface area (TPSA) is 171 Å². The molecular weight excluding hydrogens is 440 g/mol. The zero-order valence-corrected chi connectivity index (χ0v) is 20.4. The summed E-state index contributed by atoms with van der Waals surface area (Å²) in [6.45, 7) is 8.23. The number of amides is 3. The van der Waals surface area contributed by atoms with E-state index in [1.54, 1.807) is 20.8 Å². The van der Waals surface area contributed by atoms with Gasteiger partial charge in [0, 0.05) is 0 Å². The molecule has 0 aliphatic carbocycles. The Balaban J connectivity index is 2.90. The van der Waals surface area contributed by atoms with Gasteiger partial charge < -0.3 is 31.9 Å². The average molecular weight is 479 g/mol. The lowest BCUT2D eigenvalue weighted by Gasteiger charge is -2.29. The second kappa shape index (κ2) is 13.7. The first-order valence-corrected chi connectivity index (χ1v) is 11.5. The molecule has 0 saturated heterocycles. The van der Waals surface area contributed by atoms with Crippen LogP contribution in [0.4, 0.5) is 0 Å². The van der Waals surface area contributed by atoms with Crippen molar-refractivity contribution in [2.45, 2.75) is 77.7 Å². The Hall–Kier alpha value is -2.98. The molecule has 7 N–H and O–H groups in total. The molecule has 6 unspecified atom stereocenters. The van der Waals surface area contributed by atoms with Crippen LogP contribution >= 0.6 is 0 Å². The van der Waals surface area contributed by atoms with Crippen molar-refractivity contribution in [3.05, 3.63) is 35.9 Å². The number of hydrogen-bond donors (Lipinski definition) is 6. The van der Waals surface area contributed by atoms with Crippen LogP contribution < -0.4 is 21.7 Å². The first kappa shape index (κ1) is 29.1. The number of aliphatic hydroxyl groups excluding tert-OH is 1. The number of carbonyl (C=O) groups is 4. The summed E-state index contributed by atoms with van der Waals surface area (Å²) in [6, 6.07) is 4.63. The summed E-state index contributed by atoms with van der Waals surface area (Å²) in [4.78, 5) is 49.9. The molecule has 6 atom stereocenters.